The average Bonchev–Trinajstić information content (AvgIpc) is 3.89. The molecular weight excluding hydrogens is 630 g/mol. The van der Waals surface area contributed by atoms with Crippen LogP contribution in [0.5, 0.6) is 11.5 Å². The van der Waals surface area contributed by atoms with Crippen molar-refractivity contribution in [3.8, 4) is 22.6 Å². The van der Waals surface area contributed by atoms with E-state index in [1.165, 1.54) is 62.5 Å². The molecule has 6 rings (SSSR count). The second-order valence-electron chi connectivity index (χ2n) is 16.1. The zero-order valence-electron chi connectivity index (χ0n) is 30.7. The average molecular weight is 691 g/mol. The smallest absolute Gasteiger partial charge is 0.248 e. The Morgan fingerprint density at radius 3 is 1.00 bits per heavy atom. The molecule has 0 aromatic heterocycles. The molecule has 6 nitrogen and oxygen atoms in total. The molecule has 2 aromatic carbocycles. The van der Waals surface area contributed by atoms with Crippen LogP contribution < -0.4 is 9.05 Å². The van der Waals surface area contributed by atoms with Crippen LogP contribution in [-0.4, -0.2) is 71.0 Å². The zero-order chi connectivity index (χ0) is 34.1. The fourth-order valence-corrected chi connectivity index (χ4v) is 11.9. The topological polar surface area (TPSA) is 31.4 Å². The lowest BCUT2D eigenvalue weighted by atomic mass is 9.80. The largest absolute Gasteiger partial charge is 0.443 e. The molecule has 0 radical (unpaired) electrons. The molecule has 0 bridgehead atoms. The standard InChI is InChI=1S/C40H60N4O2P2/c1-9-31-27-33(37(35(29-31)39(3,4)5)45-47(41-19-11-12-20-41)42-21-13-14-22-42)34-28-32(10-2)30-36(40(6,7)8)38(34)46-48(43-23-15-16-24-43)44-25-17-18-26-44/h9-10,27-30H,1-2,11-26H2,3-8H3. The Kier molecular flexibility index (Phi) is 11.4. The maximum absolute atomic E-state index is 7.57. The van der Waals surface area contributed by atoms with Crippen LogP contribution in [0.25, 0.3) is 23.3 Å². The van der Waals surface area contributed by atoms with Crippen molar-refractivity contribution in [2.75, 3.05) is 52.4 Å². The summed E-state index contributed by atoms with van der Waals surface area (Å²) in [5.41, 5.74) is 6.65. The van der Waals surface area contributed by atoms with Crippen molar-refractivity contribution in [3.63, 3.8) is 0 Å². The summed E-state index contributed by atoms with van der Waals surface area (Å²) in [6.45, 7) is 31.3. The molecule has 0 amide bonds. The van der Waals surface area contributed by atoms with Crippen LogP contribution in [0, 0.1) is 0 Å². The minimum Gasteiger partial charge on any atom is -0.443 e. The third kappa shape index (κ3) is 7.91. The maximum Gasteiger partial charge on any atom is 0.248 e. The third-order valence-electron chi connectivity index (χ3n) is 10.2. The number of benzene rings is 2. The Morgan fingerprint density at radius 2 is 0.771 bits per heavy atom. The van der Waals surface area contributed by atoms with E-state index >= 15 is 0 Å². The summed E-state index contributed by atoms with van der Waals surface area (Å²) in [5, 5.41) is 0. The quantitative estimate of drug-likeness (QED) is 0.218. The highest BCUT2D eigenvalue weighted by Crippen LogP contribution is 2.58. The Bertz CT molecular complexity index is 1300. The summed E-state index contributed by atoms with van der Waals surface area (Å²) in [4.78, 5) is 0. The van der Waals surface area contributed by atoms with Gasteiger partial charge >= 0.3 is 0 Å². The predicted molar refractivity (Wildman–Crippen MR) is 208 cm³/mol. The SMILES string of the molecule is C=Cc1cc(-c2cc(C=C)cc(C(C)(C)C)c2OP(N2CCCC2)N2CCCC2)c(OP(N2CCCC2)N2CCCC2)c(C(C)(C)C)c1. The van der Waals surface area contributed by atoms with Gasteiger partial charge in [-0.15, -0.1) is 0 Å². The van der Waals surface area contributed by atoms with Gasteiger partial charge in [0.25, 0.3) is 0 Å². The third-order valence-corrected chi connectivity index (χ3v) is 14.5. The van der Waals surface area contributed by atoms with Gasteiger partial charge < -0.3 is 9.05 Å². The van der Waals surface area contributed by atoms with Crippen molar-refractivity contribution < 1.29 is 9.05 Å². The molecule has 4 heterocycles. The summed E-state index contributed by atoms with van der Waals surface area (Å²) in [6.07, 6.45) is 14.0. The summed E-state index contributed by atoms with van der Waals surface area (Å²) < 4.78 is 25.7. The Balaban J connectivity index is 1.59. The van der Waals surface area contributed by atoms with Crippen LogP contribution >= 0.6 is 16.9 Å². The minimum absolute atomic E-state index is 0.137. The summed E-state index contributed by atoms with van der Waals surface area (Å²) >= 11 is 0. The molecule has 0 saturated carbocycles. The van der Waals surface area contributed by atoms with E-state index in [2.05, 4.69) is 97.6 Å². The summed E-state index contributed by atoms with van der Waals surface area (Å²) in [5.74, 6) is 2.02. The molecule has 0 N–H and O–H groups in total. The number of nitrogens with zero attached hydrogens (tertiary/aromatic N) is 4. The molecule has 262 valence electrons. The van der Waals surface area contributed by atoms with Crippen molar-refractivity contribution >= 4 is 29.1 Å². The highest BCUT2D eigenvalue weighted by Gasteiger charge is 2.38. The number of hydrogen-bond donors (Lipinski definition) is 0. The van der Waals surface area contributed by atoms with E-state index in [4.69, 9.17) is 9.05 Å². The van der Waals surface area contributed by atoms with E-state index in [1.54, 1.807) is 0 Å². The van der Waals surface area contributed by atoms with Gasteiger partial charge in [0.05, 0.1) is 0 Å². The first-order valence-electron chi connectivity index (χ1n) is 18.6. The first-order valence-corrected chi connectivity index (χ1v) is 20.9. The van der Waals surface area contributed by atoms with Crippen molar-refractivity contribution in [1.82, 2.24) is 18.7 Å². The van der Waals surface area contributed by atoms with E-state index in [1.807, 2.05) is 12.2 Å². The van der Waals surface area contributed by atoms with Gasteiger partial charge in [-0.25, -0.2) is 18.7 Å². The lowest BCUT2D eigenvalue weighted by Gasteiger charge is -2.37. The van der Waals surface area contributed by atoms with Gasteiger partial charge in [0.2, 0.25) is 16.9 Å². The Hall–Kier alpha value is -1.78. The lowest BCUT2D eigenvalue weighted by molar-refractivity contribution is 0.387. The molecule has 0 unspecified atom stereocenters. The van der Waals surface area contributed by atoms with Gasteiger partial charge in [-0.2, -0.15) is 0 Å². The van der Waals surface area contributed by atoms with Crippen LogP contribution in [0.15, 0.2) is 37.4 Å². The monoisotopic (exact) mass is 690 g/mol. The fourth-order valence-electron chi connectivity index (χ4n) is 7.49. The Labute approximate surface area is 294 Å². The molecule has 48 heavy (non-hydrogen) atoms. The Morgan fingerprint density at radius 1 is 0.500 bits per heavy atom. The minimum atomic E-state index is -0.938. The first kappa shape index (κ1) is 36.0. The fraction of sp³-hybridized carbons (Fsp3) is 0.600. The number of hydrogen-bond acceptors (Lipinski definition) is 6. The molecule has 0 spiro atoms. The molecule has 0 atom stereocenters. The second kappa shape index (κ2) is 15.2. The first-order chi connectivity index (χ1) is 23.0. The number of rotatable bonds is 11. The molecule has 4 aliphatic rings. The normalized spacial score (nSPS) is 20.4. The van der Waals surface area contributed by atoms with Crippen LogP contribution in [0.2, 0.25) is 0 Å². The van der Waals surface area contributed by atoms with Crippen LogP contribution in [0.4, 0.5) is 0 Å². The van der Waals surface area contributed by atoms with Gasteiger partial charge in [-0.1, -0.05) is 66.9 Å². The lowest BCUT2D eigenvalue weighted by Crippen LogP contribution is -2.29. The van der Waals surface area contributed by atoms with E-state index in [0.29, 0.717) is 0 Å². The van der Waals surface area contributed by atoms with Gasteiger partial charge in [-0.05, 0) is 97.6 Å². The highest BCUT2D eigenvalue weighted by molar-refractivity contribution is 7.48. The zero-order valence-corrected chi connectivity index (χ0v) is 32.5. The van der Waals surface area contributed by atoms with Crippen molar-refractivity contribution in [2.45, 2.75) is 104 Å². The van der Waals surface area contributed by atoms with E-state index in [-0.39, 0.29) is 10.8 Å². The maximum atomic E-state index is 7.57. The van der Waals surface area contributed by atoms with Crippen LogP contribution in [-0.2, 0) is 10.8 Å². The van der Waals surface area contributed by atoms with E-state index < -0.39 is 16.9 Å². The van der Waals surface area contributed by atoms with Gasteiger partial charge in [0.15, 0.2) is 0 Å². The molecular formula is C40H60N4O2P2. The molecule has 8 heteroatoms. The van der Waals surface area contributed by atoms with Crippen LogP contribution in [0.1, 0.15) is 115 Å². The second-order valence-corrected chi connectivity index (χ2v) is 19.8. The highest BCUT2D eigenvalue weighted by atomic mass is 31.2. The van der Waals surface area contributed by atoms with Crippen molar-refractivity contribution in [2.24, 2.45) is 0 Å². The summed E-state index contributed by atoms with van der Waals surface area (Å²) in [6, 6.07) is 9.26. The van der Waals surface area contributed by atoms with Crippen molar-refractivity contribution in [3.05, 3.63) is 59.7 Å². The molecule has 2 aromatic rings. The van der Waals surface area contributed by atoms with E-state index in [9.17, 15) is 0 Å². The molecule has 4 fully saturated rings. The molecule has 4 saturated heterocycles. The molecule has 0 aliphatic carbocycles. The predicted octanol–water partition coefficient (Wildman–Crippen LogP) is 10.8. The van der Waals surface area contributed by atoms with Gasteiger partial charge in [0.1, 0.15) is 11.5 Å². The van der Waals surface area contributed by atoms with E-state index in [0.717, 1.165) is 86.1 Å². The van der Waals surface area contributed by atoms with Gasteiger partial charge in [-0.3, -0.25) is 0 Å². The van der Waals surface area contributed by atoms with Crippen molar-refractivity contribution in [1.29, 1.82) is 0 Å². The summed E-state index contributed by atoms with van der Waals surface area (Å²) in [7, 11) is -1.88. The van der Waals surface area contributed by atoms with Crippen LogP contribution in [0.3, 0.4) is 0 Å². The van der Waals surface area contributed by atoms with Gasteiger partial charge in [0, 0.05) is 74.6 Å². The molecule has 4 aliphatic heterocycles.